The van der Waals surface area contributed by atoms with Gasteiger partial charge in [-0.25, -0.2) is 4.79 Å². The summed E-state index contributed by atoms with van der Waals surface area (Å²) in [5, 5.41) is 26.3. The fourth-order valence-corrected chi connectivity index (χ4v) is 3.13. The van der Waals surface area contributed by atoms with Crippen LogP contribution in [0.4, 0.5) is 0 Å². The molecule has 0 heterocycles. The number of rotatable bonds is 12. The molecule has 10 nitrogen and oxygen atoms in total. The van der Waals surface area contributed by atoms with Crippen LogP contribution >= 0.6 is 12.6 Å². The molecule has 0 fully saturated rings. The van der Waals surface area contributed by atoms with E-state index < -0.39 is 47.9 Å². The summed E-state index contributed by atoms with van der Waals surface area (Å²) in [5.41, 5.74) is 6.50. The maximum atomic E-state index is 13.0. The highest BCUT2D eigenvalue weighted by atomic mass is 32.1. The van der Waals surface area contributed by atoms with Crippen molar-refractivity contribution in [1.29, 1.82) is 0 Å². The Morgan fingerprint density at radius 2 is 1.42 bits per heavy atom. The van der Waals surface area contributed by atoms with Crippen LogP contribution in [0, 0.1) is 11.8 Å². The molecule has 0 bridgehead atoms. The number of nitrogens with two attached hydrogens (primary N) is 1. The number of amides is 3. The lowest BCUT2D eigenvalue weighted by Gasteiger charge is -2.27. The van der Waals surface area contributed by atoms with Gasteiger partial charge in [-0.2, -0.15) is 12.6 Å². The number of hydrogen-bond acceptors (Lipinski definition) is 7. The Labute approximate surface area is 199 Å². The number of aromatic hydroxyl groups is 1. The smallest absolute Gasteiger partial charge is 0.327 e. The van der Waals surface area contributed by atoms with E-state index in [0.29, 0.717) is 5.56 Å². The summed E-state index contributed by atoms with van der Waals surface area (Å²) in [6.45, 7) is 7.05. The maximum absolute atomic E-state index is 13.0. The van der Waals surface area contributed by atoms with Gasteiger partial charge in [-0.1, -0.05) is 39.8 Å². The Hall–Kier alpha value is -2.79. The Morgan fingerprint density at radius 3 is 1.88 bits per heavy atom. The van der Waals surface area contributed by atoms with Crippen LogP contribution in [0.1, 0.15) is 33.3 Å². The lowest BCUT2D eigenvalue weighted by Crippen LogP contribution is -2.59. The number of thiol groups is 1. The van der Waals surface area contributed by atoms with E-state index in [4.69, 9.17) is 5.73 Å². The highest BCUT2D eigenvalue weighted by Crippen LogP contribution is 2.12. The van der Waals surface area contributed by atoms with E-state index in [-0.39, 0.29) is 29.8 Å². The summed E-state index contributed by atoms with van der Waals surface area (Å²) in [4.78, 5) is 49.6. The molecule has 1 rings (SSSR count). The second-order valence-corrected chi connectivity index (χ2v) is 8.88. The number of nitrogens with one attached hydrogen (secondary N) is 3. The third-order valence-electron chi connectivity index (χ3n) is 5.07. The van der Waals surface area contributed by atoms with Gasteiger partial charge in [-0.05, 0) is 29.5 Å². The quantitative estimate of drug-likeness (QED) is 0.206. The van der Waals surface area contributed by atoms with Gasteiger partial charge in [0, 0.05) is 12.2 Å². The predicted octanol–water partition coefficient (Wildman–Crippen LogP) is 0.0428. The molecule has 0 spiro atoms. The number of phenols is 1. The second kappa shape index (κ2) is 13.0. The van der Waals surface area contributed by atoms with E-state index >= 15 is 0 Å². The predicted molar refractivity (Wildman–Crippen MR) is 127 cm³/mol. The van der Waals surface area contributed by atoms with Crippen molar-refractivity contribution in [1.82, 2.24) is 16.0 Å². The minimum absolute atomic E-state index is 0.0288. The summed E-state index contributed by atoms with van der Waals surface area (Å²) in [6.07, 6.45) is 0.0288. The summed E-state index contributed by atoms with van der Waals surface area (Å²) < 4.78 is 0. The van der Waals surface area contributed by atoms with Gasteiger partial charge >= 0.3 is 5.97 Å². The molecule has 0 saturated heterocycles. The molecule has 1 aromatic carbocycles. The largest absolute Gasteiger partial charge is 0.508 e. The van der Waals surface area contributed by atoms with Crippen LogP contribution in [0.5, 0.6) is 5.75 Å². The molecular weight excluding hydrogens is 448 g/mol. The second-order valence-electron chi connectivity index (χ2n) is 8.51. The lowest BCUT2D eigenvalue weighted by molar-refractivity contribution is -0.141. The average molecular weight is 483 g/mol. The zero-order valence-corrected chi connectivity index (χ0v) is 20.1. The van der Waals surface area contributed by atoms with Crippen molar-refractivity contribution in [3.63, 3.8) is 0 Å². The van der Waals surface area contributed by atoms with Gasteiger partial charge < -0.3 is 31.9 Å². The number of carbonyl (C=O) groups is 4. The molecule has 11 heteroatoms. The van der Waals surface area contributed by atoms with Crippen LogP contribution in [-0.4, -0.2) is 63.8 Å². The van der Waals surface area contributed by atoms with Gasteiger partial charge in [0.25, 0.3) is 0 Å². The van der Waals surface area contributed by atoms with Crippen LogP contribution in [0.2, 0.25) is 0 Å². The van der Waals surface area contributed by atoms with Crippen molar-refractivity contribution in [2.75, 3.05) is 5.75 Å². The highest BCUT2D eigenvalue weighted by Gasteiger charge is 2.32. The van der Waals surface area contributed by atoms with E-state index in [1.165, 1.54) is 12.1 Å². The van der Waals surface area contributed by atoms with E-state index in [9.17, 15) is 29.4 Å². The highest BCUT2D eigenvalue weighted by molar-refractivity contribution is 7.80. The molecule has 7 N–H and O–H groups in total. The van der Waals surface area contributed by atoms with Crippen molar-refractivity contribution in [2.24, 2.45) is 17.6 Å². The fraction of sp³-hybridized carbons (Fsp3) is 0.545. The zero-order valence-electron chi connectivity index (χ0n) is 19.2. The Balaban J connectivity index is 3.10. The molecule has 0 aliphatic heterocycles. The SMILES string of the molecule is CC(C)C(N)C(=O)NC(C(=O)NC(Cc1ccc(O)cc1)C(=O)NC(CS)C(=O)O)C(C)C. The molecule has 33 heavy (non-hydrogen) atoms. The van der Waals surface area contributed by atoms with Crippen LogP contribution in [0.3, 0.4) is 0 Å². The molecule has 184 valence electrons. The first-order chi connectivity index (χ1) is 15.4. The molecule has 0 saturated carbocycles. The molecule has 4 unspecified atom stereocenters. The molecule has 0 aliphatic rings. The molecule has 1 aromatic rings. The number of carbonyl (C=O) groups excluding carboxylic acids is 3. The normalized spacial score (nSPS) is 14.8. The van der Waals surface area contributed by atoms with Gasteiger partial charge in [0.1, 0.15) is 23.9 Å². The number of hydrogen-bond donors (Lipinski definition) is 7. The topological polar surface area (TPSA) is 171 Å². The molecule has 3 amide bonds. The summed E-state index contributed by atoms with van der Waals surface area (Å²) >= 11 is 3.94. The van der Waals surface area contributed by atoms with Crippen LogP contribution in [0.15, 0.2) is 24.3 Å². The van der Waals surface area contributed by atoms with Gasteiger partial charge in [-0.15, -0.1) is 0 Å². The first kappa shape index (κ1) is 28.2. The minimum atomic E-state index is -1.26. The number of phenolic OH excluding ortho intramolecular Hbond substituents is 1. The average Bonchev–Trinajstić information content (AvgIpc) is 2.75. The number of carboxylic acids is 1. The first-order valence-corrected chi connectivity index (χ1v) is 11.3. The fourth-order valence-electron chi connectivity index (χ4n) is 2.88. The van der Waals surface area contributed by atoms with E-state index in [2.05, 4.69) is 28.6 Å². The third kappa shape index (κ3) is 8.93. The van der Waals surface area contributed by atoms with Crippen molar-refractivity contribution in [3.8, 4) is 5.75 Å². The van der Waals surface area contributed by atoms with E-state index in [1.807, 2.05) is 0 Å². The monoisotopic (exact) mass is 482 g/mol. The lowest BCUT2D eigenvalue weighted by atomic mass is 9.99. The molecule has 0 aliphatic carbocycles. The Kier molecular flexibility index (Phi) is 11.2. The Morgan fingerprint density at radius 1 is 0.879 bits per heavy atom. The molecular formula is C22H34N4O6S. The first-order valence-electron chi connectivity index (χ1n) is 10.7. The van der Waals surface area contributed by atoms with Crippen molar-refractivity contribution >= 4 is 36.3 Å². The molecule has 0 radical (unpaired) electrons. The molecule has 0 aromatic heterocycles. The van der Waals surface area contributed by atoms with Gasteiger partial charge in [-0.3, -0.25) is 14.4 Å². The molecule has 4 atom stereocenters. The number of benzene rings is 1. The standard InChI is InChI=1S/C22H34N4O6S/c1-11(2)17(23)20(29)26-18(12(3)4)21(30)24-15(9-13-5-7-14(27)8-6-13)19(28)25-16(10-33)22(31)32/h5-8,11-12,15-18,27,33H,9-10,23H2,1-4H3,(H,24,30)(H,25,28)(H,26,29)(H,31,32). The zero-order chi connectivity index (χ0) is 25.3. The van der Waals surface area contributed by atoms with Crippen molar-refractivity contribution in [2.45, 2.75) is 58.3 Å². The summed E-state index contributed by atoms with van der Waals surface area (Å²) in [6, 6.07) is 1.88. The van der Waals surface area contributed by atoms with Crippen LogP contribution in [0.25, 0.3) is 0 Å². The Bertz CT molecular complexity index is 831. The summed E-state index contributed by atoms with van der Waals surface area (Å²) in [7, 11) is 0. The van der Waals surface area contributed by atoms with Gasteiger partial charge in [0.15, 0.2) is 0 Å². The third-order valence-corrected chi connectivity index (χ3v) is 5.44. The van der Waals surface area contributed by atoms with Crippen molar-refractivity contribution in [3.05, 3.63) is 29.8 Å². The maximum Gasteiger partial charge on any atom is 0.327 e. The van der Waals surface area contributed by atoms with Gasteiger partial charge in [0.2, 0.25) is 17.7 Å². The van der Waals surface area contributed by atoms with E-state index in [1.54, 1.807) is 39.8 Å². The van der Waals surface area contributed by atoms with Crippen LogP contribution in [-0.2, 0) is 25.6 Å². The van der Waals surface area contributed by atoms with Gasteiger partial charge in [0.05, 0.1) is 6.04 Å². The van der Waals surface area contributed by atoms with Crippen molar-refractivity contribution < 1.29 is 29.4 Å². The minimum Gasteiger partial charge on any atom is -0.508 e. The number of aliphatic carboxylic acids is 1. The van der Waals surface area contributed by atoms with Crippen LogP contribution < -0.4 is 21.7 Å². The van der Waals surface area contributed by atoms with E-state index in [0.717, 1.165) is 0 Å². The number of carboxylic acid groups (broad SMARTS) is 1. The summed E-state index contributed by atoms with van der Waals surface area (Å²) in [5.74, 6) is -3.62.